The largest absolute Gasteiger partial charge is 0.340 e. The van der Waals surface area contributed by atoms with Crippen molar-refractivity contribution in [1.29, 1.82) is 0 Å². The van der Waals surface area contributed by atoms with Crippen molar-refractivity contribution in [3.8, 4) is 0 Å². The molecule has 2 aromatic heterocycles. The number of hydrogen-bond donors (Lipinski definition) is 0. The van der Waals surface area contributed by atoms with Crippen LogP contribution in [0.15, 0.2) is 23.8 Å². The summed E-state index contributed by atoms with van der Waals surface area (Å²) < 4.78 is 0. The molecule has 1 fully saturated rings. The quantitative estimate of drug-likeness (QED) is 0.837. The van der Waals surface area contributed by atoms with Gasteiger partial charge in [-0.15, -0.1) is 11.3 Å². The standard InChI is InChI=1S/C16H17ClN4OS/c17-13-7-18-16(19-8-13)21-4-1-12(10-21)15(22)20-5-2-14-11(9-20)3-6-23-14/h3,6-8,12H,1-2,4-5,9-10H2. The summed E-state index contributed by atoms with van der Waals surface area (Å²) in [5.41, 5.74) is 1.31. The number of hydrogen-bond acceptors (Lipinski definition) is 5. The fraction of sp³-hybridized carbons (Fsp3) is 0.438. The fourth-order valence-electron chi connectivity index (χ4n) is 3.31. The van der Waals surface area contributed by atoms with Crippen LogP contribution in [0.25, 0.3) is 0 Å². The van der Waals surface area contributed by atoms with Gasteiger partial charge < -0.3 is 9.80 Å². The van der Waals surface area contributed by atoms with E-state index in [1.54, 1.807) is 23.7 Å². The number of thiophene rings is 1. The highest BCUT2D eigenvalue weighted by Gasteiger charge is 2.33. The van der Waals surface area contributed by atoms with E-state index in [1.807, 2.05) is 4.90 Å². The second-order valence-corrected chi connectivity index (χ2v) is 7.45. The van der Waals surface area contributed by atoms with Gasteiger partial charge in [-0.3, -0.25) is 4.79 Å². The smallest absolute Gasteiger partial charge is 0.227 e. The van der Waals surface area contributed by atoms with E-state index in [4.69, 9.17) is 11.6 Å². The highest BCUT2D eigenvalue weighted by atomic mass is 35.5. The van der Waals surface area contributed by atoms with Gasteiger partial charge in [-0.05, 0) is 29.9 Å². The number of amides is 1. The topological polar surface area (TPSA) is 49.3 Å². The lowest BCUT2D eigenvalue weighted by Crippen LogP contribution is -2.40. The number of anilines is 1. The molecule has 2 aliphatic rings. The Kier molecular flexibility index (Phi) is 3.95. The lowest BCUT2D eigenvalue weighted by Gasteiger charge is -2.29. The van der Waals surface area contributed by atoms with E-state index < -0.39 is 0 Å². The van der Waals surface area contributed by atoms with Crippen LogP contribution in [-0.4, -0.2) is 40.4 Å². The fourth-order valence-corrected chi connectivity index (χ4v) is 4.29. The zero-order valence-corrected chi connectivity index (χ0v) is 14.2. The van der Waals surface area contributed by atoms with Crippen LogP contribution in [0.4, 0.5) is 5.95 Å². The normalized spacial score (nSPS) is 20.7. The van der Waals surface area contributed by atoms with Crippen LogP contribution in [0.5, 0.6) is 0 Å². The summed E-state index contributed by atoms with van der Waals surface area (Å²) in [5, 5.41) is 2.65. The Hall–Kier alpha value is -1.66. The molecule has 0 N–H and O–H groups in total. The SMILES string of the molecule is O=C(C1CCN(c2ncc(Cl)cn2)C1)N1CCc2sccc2C1. The maximum Gasteiger partial charge on any atom is 0.227 e. The molecule has 7 heteroatoms. The number of nitrogens with zero attached hydrogens (tertiary/aromatic N) is 4. The molecule has 0 aromatic carbocycles. The van der Waals surface area contributed by atoms with E-state index in [9.17, 15) is 4.79 Å². The Morgan fingerprint density at radius 3 is 2.96 bits per heavy atom. The van der Waals surface area contributed by atoms with Crippen LogP contribution >= 0.6 is 22.9 Å². The molecule has 4 rings (SSSR count). The van der Waals surface area contributed by atoms with Gasteiger partial charge in [0.25, 0.3) is 0 Å². The summed E-state index contributed by atoms with van der Waals surface area (Å²) in [4.78, 5) is 26.8. The Bertz CT molecular complexity index is 717. The maximum atomic E-state index is 12.8. The Morgan fingerprint density at radius 2 is 2.13 bits per heavy atom. The van der Waals surface area contributed by atoms with E-state index in [1.165, 1.54) is 10.4 Å². The highest BCUT2D eigenvalue weighted by molar-refractivity contribution is 7.10. The van der Waals surface area contributed by atoms with Crippen LogP contribution in [-0.2, 0) is 17.8 Å². The predicted molar refractivity (Wildman–Crippen MR) is 90.8 cm³/mol. The molecule has 0 aliphatic carbocycles. The van der Waals surface area contributed by atoms with Crippen LogP contribution in [0.1, 0.15) is 16.9 Å². The van der Waals surface area contributed by atoms with E-state index >= 15 is 0 Å². The van der Waals surface area contributed by atoms with Crippen LogP contribution in [0, 0.1) is 5.92 Å². The average molecular weight is 349 g/mol. The molecule has 0 saturated carbocycles. The molecular weight excluding hydrogens is 332 g/mol. The molecule has 2 aliphatic heterocycles. The molecule has 2 aromatic rings. The molecule has 0 radical (unpaired) electrons. The summed E-state index contributed by atoms with van der Waals surface area (Å²) in [7, 11) is 0. The molecule has 4 heterocycles. The molecule has 1 unspecified atom stereocenters. The number of carbonyl (C=O) groups excluding carboxylic acids is 1. The van der Waals surface area contributed by atoms with Crippen molar-refractivity contribution in [2.45, 2.75) is 19.4 Å². The first-order chi connectivity index (χ1) is 11.2. The van der Waals surface area contributed by atoms with Crippen molar-refractivity contribution >= 4 is 34.8 Å². The summed E-state index contributed by atoms with van der Waals surface area (Å²) in [6.45, 7) is 3.09. The third kappa shape index (κ3) is 2.93. The molecule has 1 amide bonds. The monoisotopic (exact) mass is 348 g/mol. The van der Waals surface area contributed by atoms with Gasteiger partial charge in [0.1, 0.15) is 0 Å². The molecule has 1 atom stereocenters. The van der Waals surface area contributed by atoms with Gasteiger partial charge >= 0.3 is 0 Å². The minimum atomic E-state index is 0.0365. The summed E-state index contributed by atoms with van der Waals surface area (Å²) in [6.07, 6.45) is 5.04. The van der Waals surface area contributed by atoms with Crippen molar-refractivity contribution in [2.24, 2.45) is 5.92 Å². The van der Waals surface area contributed by atoms with Crippen molar-refractivity contribution in [3.63, 3.8) is 0 Å². The number of rotatable bonds is 2. The van der Waals surface area contributed by atoms with Gasteiger partial charge in [0.05, 0.1) is 23.3 Å². The number of fused-ring (bicyclic) bond motifs is 1. The minimum absolute atomic E-state index is 0.0365. The van der Waals surface area contributed by atoms with Gasteiger partial charge in [0, 0.05) is 31.1 Å². The molecular formula is C16H17ClN4OS. The highest BCUT2D eigenvalue weighted by Crippen LogP contribution is 2.28. The number of aromatic nitrogens is 2. The first-order valence-corrected chi connectivity index (χ1v) is 9.03. The predicted octanol–water partition coefficient (Wildman–Crippen LogP) is 2.60. The molecule has 5 nitrogen and oxygen atoms in total. The molecule has 0 bridgehead atoms. The summed E-state index contributed by atoms with van der Waals surface area (Å²) in [6, 6.07) is 2.14. The van der Waals surface area contributed by atoms with Gasteiger partial charge in [0.15, 0.2) is 0 Å². The van der Waals surface area contributed by atoms with Crippen molar-refractivity contribution in [3.05, 3.63) is 39.3 Å². The first-order valence-electron chi connectivity index (χ1n) is 7.77. The zero-order chi connectivity index (χ0) is 15.8. The van der Waals surface area contributed by atoms with E-state index in [0.29, 0.717) is 17.5 Å². The third-order valence-corrected chi connectivity index (χ3v) is 5.76. The van der Waals surface area contributed by atoms with Crippen LogP contribution < -0.4 is 4.90 Å². The zero-order valence-electron chi connectivity index (χ0n) is 12.6. The first kappa shape index (κ1) is 14.9. The van der Waals surface area contributed by atoms with Crippen molar-refractivity contribution in [2.75, 3.05) is 24.5 Å². The number of halogens is 1. The van der Waals surface area contributed by atoms with E-state index in [0.717, 1.165) is 32.5 Å². The number of carbonyl (C=O) groups is 1. The molecule has 23 heavy (non-hydrogen) atoms. The summed E-state index contributed by atoms with van der Waals surface area (Å²) >= 11 is 7.62. The lowest BCUT2D eigenvalue weighted by molar-refractivity contribution is -0.135. The second kappa shape index (κ2) is 6.09. The third-order valence-electron chi connectivity index (χ3n) is 4.55. The van der Waals surface area contributed by atoms with Crippen LogP contribution in [0.3, 0.4) is 0 Å². The summed E-state index contributed by atoms with van der Waals surface area (Å²) in [5.74, 6) is 0.955. The second-order valence-electron chi connectivity index (χ2n) is 6.01. The van der Waals surface area contributed by atoms with Crippen LogP contribution in [0.2, 0.25) is 5.02 Å². The van der Waals surface area contributed by atoms with E-state index in [2.05, 4.69) is 26.3 Å². The van der Waals surface area contributed by atoms with Gasteiger partial charge in [-0.2, -0.15) is 0 Å². The maximum absolute atomic E-state index is 12.8. The van der Waals surface area contributed by atoms with Crippen molar-refractivity contribution in [1.82, 2.24) is 14.9 Å². The lowest BCUT2D eigenvalue weighted by atomic mass is 10.0. The van der Waals surface area contributed by atoms with Crippen molar-refractivity contribution < 1.29 is 4.79 Å². The van der Waals surface area contributed by atoms with Gasteiger partial charge in [-0.1, -0.05) is 11.6 Å². The molecule has 0 spiro atoms. The minimum Gasteiger partial charge on any atom is -0.340 e. The molecule has 1 saturated heterocycles. The average Bonchev–Trinajstić information content (AvgIpc) is 3.23. The molecule has 120 valence electrons. The Morgan fingerprint density at radius 1 is 1.30 bits per heavy atom. The van der Waals surface area contributed by atoms with Gasteiger partial charge in [0.2, 0.25) is 11.9 Å². The Balaban J connectivity index is 1.41. The van der Waals surface area contributed by atoms with Gasteiger partial charge in [-0.25, -0.2) is 9.97 Å². The Labute approximate surface area is 143 Å². The van der Waals surface area contributed by atoms with E-state index in [-0.39, 0.29) is 11.8 Å².